The molecular weight excluding hydrogens is 314 g/mol. The van der Waals surface area contributed by atoms with Gasteiger partial charge in [0, 0.05) is 12.6 Å². The standard InChI is InChI=1S/C17H23N.C5H8.C3H4/c1-6-9-13(4)16(8-3)10-14(5)17-11-15(7-2)12-18-17;1-3-5-4-2;1-3-2/h6,8-12,17H,4,7H2,1-3,5H3;3H2,1-2H3;1H,2H3/b9-6-,14-10+,16-8+;;. The summed E-state index contributed by atoms with van der Waals surface area (Å²) in [5, 5.41) is 0. The van der Waals surface area contributed by atoms with Gasteiger partial charge in [-0.15, -0.1) is 24.2 Å². The number of nitrogens with zero attached hydrogens (tertiary/aromatic N) is 1. The number of hydrogen-bond acceptors (Lipinski definition) is 1. The lowest BCUT2D eigenvalue weighted by atomic mass is 10.0. The fraction of sp³-hybridized carbons (Fsp3) is 0.400. The molecule has 0 N–H and O–H groups in total. The van der Waals surface area contributed by atoms with Gasteiger partial charge in [0.05, 0.1) is 6.04 Å². The molecule has 1 unspecified atom stereocenters. The Balaban J connectivity index is 0. The van der Waals surface area contributed by atoms with Gasteiger partial charge < -0.3 is 0 Å². The van der Waals surface area contributed by atoms with Gasteiger partial charge in [0.15, 0.2) is 0 Å². The van der Waals surface area contributed by atoms with Gasteiger partial charge in [-0.3, -0.25) is 4.99 Å². The molecule has 0 fully saturated rings. The van der Waals surface area contributed by atoms with Gasteiger partial charge in [-0.25, -0.2) is 0 Å². The van der Waals surface area contributed by atoms with E-state index in [4.69, 9.17) is 0 Å². The number of hydrogen-bond donors (Lipinski definition) is 0. The van der Waals surface area contributed by atoms with Crippen molar-refractivity contribution in [2.24, 2.45) is 4.99 Å². The number of allylic oxidation sites excluding steroid dienone is 7. The summed E-state index contributed by atoms with van der Waals surface area (Å²) >= 11 is 0. The lowest BCUT2D eigenvalue weighted by molar-refractivity contribution is 0.965. The Bertz CT molecular complexity index is 661. The van der Waals surface area contributed by atoms with Gasteiger partial charge in [0.1, 0.15) is 0 Å². The first-order valence-corrected chi connectivity index (χ1v) is 9.12. The van der Waals surface area contributed by atoms with Crippen molar-refractivity contribution >= 4 is 6.21 Å². The predicted octanol–water partition coefficient (Wildman–Crippen LogP) is 6.86. The van der Waals surface area contributed by atoms with Crippen LogP contribution < -0.4 is 0 Å². The largest absolute Gasteiger partial charge is 0.281 e. The van der Waals surface area contributed by atoms with Gasteiger partial charge in [-0.1, -0.05) is 50.8 Å². The fourth-order valence-corrected chi connectivity index (χ4v) is 2.09. The van der Waals surface area contributed by atoms with Crippen LogP contribution in [0.25, 0.3) is 0 Å². The first kappa shape index (κ1) is 25.7. The molecule has 0 saturated carbocycles. The maximum Gasteiger partial charge on any atom is 0.0897 e. The van der Waals surface area contributed by atoms with E-state index in [-0.39, 0.29) is 6.04 Å². The third-order valence-electron chi connectivity index (χ3n) is 3.43. The highest BCUT2D eigenvalue weighted by molar-refractivity contribution is 5.82. The van der Waals surface area contributed by atoms with E-state index in [1.165, 1.54) is 16.7 Å². The second-order valence-electron chi connectivity index (χ2n) is 5.54. The molecule has 0 radical (unpaired) electrons. The minimum absolute atomic E-state index is 0.202. The summed E-state index contributed by atoms with van der Waals surface area (Å²) < 4.78 is 0. The highest BCUT2D eigenvalue weighted by Gasteiger charge is 2.11. The molecule has 1 heterocycles. The van der Waals surface area contributed by atoms with E-state index in [1.54, 1.807) is 6.92 Å². The Labute approximate surface area is 162 Å². The molecule has 140 valence electrons. The van der Waals surface area contributed by atoms with Crippen LogP contribution in [0.1, 0.15) is 61.3 Å². The Morgan fingerprint density at radius 2 is 1.92 bits per heavy atom. The zero-order valence-corrected chi connectivity index (χ0v) is 17.7. The summed E-state index contributed by atoms with van der Waals surface area (Å²) in [6.07, 6.45) is 19.2. The molecule has 0 spiro atoms. The highest BCUT2D eigenvalue weighted by atomic mass is 14.8. The van der Waals surface area contributed by atoms with Crippen LogP contribution in [0.15, 0.2) is 64.2 Å². The Morgan fingerprint density at radius 1 is 1.31 bits per heavy atom. The zero-order chi connectivity index (χ0) is 20.4. The quantitative estimate of drug-likeness (QED) is 0.380. The molecule has 1 aliphatic heterocycles. The molecule has 1 heteroatoms. The lowest BCUT2D eigenvalue weighted by Gasteiger charge is -2.08. The first-order valence-electron chi connectivity index (χ1n) is 9.12. The van der Waals surface area contributed by atoms with Gasteiger partial charge >= 0.3 is 0 Å². The van der Waals surface area contributed by atoms with E-state index >= 15 is 0 Å². The van der Waals surface area contributed by atoms with Crippen LogP contribution in [0.3, 0.4) is 0 Å². The summed E-state index contributed by atoms with van der Waals surface area (Å²) in [6.45, 7) is 17.9. The van der Waals surface area contributed by atoms with Gasteiger partial charge in [0.25, 0.3) is 0 Å². The van der Waals surface area contributed by atoms with Crippen LogP contribution in [0, 0.1) is 24.2 Å². The first-order chi connectivity index (χ1) is 12.4. The number of terminal acetylenes is 1. The van der Waals surface area contributed by atoms with Gasteiger partial charge in [-0.2, -0.15) is 0 Å². The minimum atomic E-state index is 0.202. The average molecular weight is 350 g/mol. The zero-order valence-electron chi connectivity index (χ0n) is 17.7. The normalized spacial score (nSPS) is 15.6. The summed E-state index contributed by atoms with van der Waals surface area (Å²) in [5.74, 6) is 7.88. The summed E-state index contributed by atoms with van der Waals surface area (Å²) in [6, 6.07) is 0.202. The van der Waals surface area contributed by atoms with Crippen molar-refractivity contribution in [1.82, 2.24) is 0 Å². The molecule has 1 aliphatic rings. The Kier molecular flexibility index (Phi) is 17.1. The smallest absolute Gasteiger partial charge is 0.0897 e. The SMILES string of the molecule is C#CC.C=C(/C=C\C)C(=C/C)/C=C(\C)C1C=C(CC)C=N1.CC#CCC. The second-order valence-corrected chi connectivity index (χ2v) is 5.54. The van der Waals surface area contributed by atoms with E-state index in [1.807, 2.05) is 46.1 Å². The van der Waals surface area contributed by atoms with Crippen molar-refractivity contribution in [3.63, 3.8) is 0 Å². The molecule has 0 saturated heterocycles. The van der Waals surface area contributed by atoms with Crippen LogP contribution in [0.2, 0.25) is 0 Å². The predicted molar refractivity (Wildman–Crippen MR) is 120 cm³/mol. The molecule has 0 amide bonds. The monoisotopic (exact) mass is 349 g/mol. The van der Waals surface area contributed by atoms with Crippen molar-refractivity contribution < 1.29 is 0 Å². The molecule has 0 bridgehead atoms. The minimum Gasteiger partial charge on any atom is -0.281 e. The van der Waals surface area contributed by atoms with E-state index in [0.29, 0.717) is 0 Å². The van der Waals surface area contributed by atoms with Crippen LogP contribution in [-0.4, -0.2) is 12.3 Å². The third-order valence-corrected chi connectivity index (χ3v) is 3.43. The van der Waals surface area contributed by atoms with E-state index in [2.05, 4.69) is 67.8 Å². The fourth-order valence-electron chi connectivity index (χ4n) is 2.09. The molecule has 0 aromatic heterocycles. The molecule has 1 rings (SSSR count). The topological polar surface area (TPSA) is 12.4 Å². The van der Waals surface area contributed by atoms with Crippen molar-refractivity contribution in [2.75, 3.05) is 0 Å². The number of aliphatic imine (C=N–C) groups is 1. The lowest BCUT2D eigenvalue weighted by Crippen LogP contribution is -1.99. The molecule has 26 heavy (non-hydrogen) atoms. The maximum absolute atomic E-state index is 4.60. The van der Waals surface area contributed by atoms with E-state index in [0.717, 1.165) is 18.4 Å². The molecule has 1 atom stereocenters. The number of rotatable bonds is 5. The van der Waals surface area contributed by atoms with Crippen molar-refractivity contribution in [3.05, 3.63) is 59.3 Å². The maximum atomic E-state index is 4.60. The molecule has 0 aliphatic carbocycles. The van der Waals surface area contributed by atoms with E-state index in [9.17, 15) is 0 Å². The molecular formula is C25H35N. The Morgan fingerprint density at radius 3 is 2.27 bits per heavy atom. The summed E-state index contributed by atoms with van der Waals surface area (Å²) in [7, 11) is 0. The van der Waals surface area contributed by atoms with Crippen LogP contribution in [-0.2, 0) is 0 Å². The van der Waals surface area contributed by atoms with E-state index < -0.39 is 0 Å². The average Bonchev–Trinajstić information content (AvgIpc) is 3.11. The summed E-state index contributed by atoms with van der Waals surface area (Å²) in [4.78, 5) is 4.52. The van der Waals surface area contributed by atoms with Gasteiger partial charge in [0.2, 0.25) is 0 Å². The van der Waals surface area contributed by atoms with Crippen molar-refractivity contribution in [1.29, 1.82) is 0 Å². The molecule has 0 aromatic carbocycles. The highest BCUT2D eigenvalue weighted by Crippen LogP contribution is 2.21. The van der Waals surface area contributed by atoms with Crippen molar-refractivity contribution in [2.45, 2.75) is 67.3 Å². The van der Waals surface area contributed by atoms with Crippen LogP contribution in [0.4, 0.5) is 0 Å². The summed E-state index contributed by atoms with van der Waals surface area (Å²) in [5.41, 5.74) is 4.79. The molecule has 1 nitrogen and oxygen atoms in total. The third kappa shape index (κ3) is 11.9. The second kappa shape index (κ2) is 17.3. The Hall–Kier alpha value is -2.51. The van der Waals surface area contributed by atoms with Crippen molar-refractivity contribution in [3.8, 4) is 24.2 Å². The van der Waals surface area contributed by atoms with Crippen LogP contribution in [0.5, 0.6) is 0 Å². The van der Waals surface area contributed by atoms with Gasteiger partial charge in [-0.05, 0) is 63.3 Å². The van der Waals surface area contributed by atoms with Crippen LogP contribution >= 0.6 is 0 Å². The molecule has 0 aromatic rings.